The molecule has 0 unspecified atom stereocenters. The minimum atomic E-state index is -1.48. The van der Waals surface area contributed by atoms with Gasteiger partial charge >= 0.3 is 23.9 Å². The Labute approximate surface area is 320 Å². The van der Waals surface area contributed by atoms with Gasteiger partial charge < -0.3 is 53.2 Å². The van der Waals surface area contributed by atoms with Crippen LogP contribution in [0, 0.1) is 28.6 Å². The van der Waals surface area contributed by atoms with Crippen molar-refractivity contribution in [2.75, 3.05) is 13.2 Å². The fourth-order valence-corrected chi connectivity index (χ4v) is 12.9. The maximum atomic E-state index is 13.1. The molecule has 15 atom stereocenters. The first-order valence-electron chi connectivity index (χ1n) is 20.1. The van der Waals surface area contributed by atoms with Gasteiger partial charge in [0, 0.05) is 63.9 Å². The number of cyclic esters (lactones) is 1. The summed E-state index contributed by atoms with van der Waals surface area (Å²) in [7, 11) is 0. The van der Waals surface area contributed by atoms with Gasteiger partial charge in [-0.3, -0.25) is 14.4 Å². The third-order valence-electron chi connectivity index (χ3n) is 15.0. The lowest BCUT2D eigenvalue weighted by atomic mass is 9.40. The topological polar surface area (TPSA) is 203 Å². The lowest BCUT2D eigenvalue weighted by Crippen LogP contribution is -2.78. The van der Waals surface area contributed by atoms with E-state index in [0.29, 0.717) is 32.1 Å². The number of aliphatic hydroxyl groups is 3. The summed E-state index contributed by atoms with van der Waals surface area (Å²) >= 11 is 0. The molecule has 0 amide bonds. The van der Waals surface area contributed by atoms with Gasteiger partial charge in [-0.2, -0.15) is 0 Å². The van der Waals surface area contributed by atoms with Crippen molar-refractivity contribution in [2.24, 2.45) is 28.6 Å². The Morgan fingerprint density at radius 3 is 2.22 bits per heavy atom. The minimum Gasteiger partial charge on any atom is -0.458 e. The molecule has 7 fully saturated rings. The SMILES string of the molecule is CC(=O)O[C@@H]1[C@@H](OC(C)=O)[C@H](C)O[C@@H](O[C@H]2C[C@H]3OC4(CCCC4)OC[C@]34[C@H]3[C@H](O)C[C@]5(C)[C@@H](C6=CC(=O)OC6)CC[C@]5(O)[C@@H]3CC[C@]4(O)C2)[C@@H]1OC(C)=O. The molecule has 0 aromatic rings. The molecule has 3 N–H and O–H groups in total. The first kappa shape index (κ1) is 39.2. The maximum absolute atomic E-state index is 13.1. The summed E-state index contributed by atoms with van der Waals surface area (Å²) < 4.78 is 48.7. The number of carbonyl (C=O) groups excluding carboxylic acids is 4. The van der Waals surface area contributed by atoms with E-state index in [0.717, 1.165) is 18.4 Å². The third-order valence-corrected chi connectivity index (χ3v) is 15.0. The van der Waals surface area contributed by atoms with Crippen molar-refractivity contribution in [1.82, 2.24) is 0 Å². The van der Waals surface area contributed by atoms with Crippen LogP contribution < -0.4 is 0 Å². The molecule has 55 heavy (non-hydrogen) atoms. The Kier molecular flexibility index (Phi) is 9.78. The van der Waals surface area contributed by atoms with E-state index in [2.05, 4.69) is 0 Å². The number of rotatable bonds is 6. The molecule has 306 valence electrons. The van der Waals surface area contributed by atoms with Crippen LogP contribution in [0.2, 0.25) is 0 Å². The molecule has 15 nitrogen and oxygen atoms in total. The molecule has 8 rings (SSSR count). The molecule has 8 aliphatic rings. The molecular formula is C40H56O15. The van der Waals surface area contributed by atoms with Crippen LogP contribution in [0.3, 0.4) is 0 Å². The van der Waals surface area contributed by atoms with Crippen LogP contribution in [0.1, 0.15) is 105 Å². The molecular weight excluding hydrogens is 720 g/mol. The predicted molar refractivity (Wildman–Crippen MR) is 186 cm³/mol. The van der Waals surface area contributed by atoms with Crippen molar-refractivity contribution in [3.8, 4) is 0 Å². The Hall–Kier alpha value is -2.66. The van der Waals surface area contributed by atoms with Crippen LogP contribution in [0.4, 0.5) is 0 Å². The normalized spacial score (nSPS) is 48.4. The van der Waals surface area contributed by atoms with Gasteiger partial charge in [0.1, 0.15) is 6.61 Å². The van der Waals surface area contributed by atoms with E-state index in [4.69, 9.17) is 37.9 Å². The van der Waals surface area contributed by atoms with E-state index in [9.17, 15) is 34.5 Å². The summed E-state index contributed by atoms with van der Waals surface area (Å²) in [5.41, 5.74) is -3.67. The lowest BCUT2D eigenvalue weighted by molar-refractivity contribution is -0.414. The van der Waals surface area contributed by atoms with Crippen molar-refractivity contribution in [1.29, 1.82) is 0 Å². The molecule has 5 aliphatic carbocycles. The molecule has 15 heteroatoms. The van der Waals surface area contributed by atoms with Gasteiger partial charge in [-0.1, -0.05) is 6.92 Å². The highest BCUT2D eigenvalue weighted by Gasteiger charge is 2.77. The number of hydrogen-bond acceptors (Lipinski definition) is 15. The highest BCUT2D eigenvalue weighted by atomic mass is 16.7. The Balaban J connectivity index is 1.13. The molecule has 3 aliphatic heterocycles. The van der Waals surface area contributed by atoms with E-state index in [-0.39, 0.29) is 50.8 Å². The number of carbonyl (C=O) groups is 4. The fourth-order valence-electron chi connectivity index (χ4n) is 12.9. The largest absolute Gasteiger partial charge is 0.458 e. The number of fused-ring (bicyclic) bond motifs is 3. The van der Waals surface area contributed by atoms with E-state index in [1.807, 2.05) is 6.92 Å². The highest BCUT2D eigenvalue weighted by molar-refractivity contribution is 5.85. The van der Waals surface area contributed by atoms with E-state index in [1.54, 1.807) is 6.92 Å². The summed E-state index contributed by atoms with van der Waals surface area (Å²) in [6.07, 6.45) is -0.897. The van der Waals surface area contributed by atoms with Crippen molar-refractivity contribution in [2.45, 2.75) is 171 Å². The van der Waals surface area contributed by atoms with Crippen molar-refractivity contribution >= 4 is 23.9 Å². The molecule has 5 saturated carbocycles. The van der Waals surface area contributed by atoms with Crippen molar-refractivity contribution in [3.63, 3.8) is 0 Å². The number of aliphatic hydroxyl groups excluding tert-OH is 1. The van der Waals surface area contributed by atoms with Gasteiger partial charge in [0.2, 0.25) is 0 Å². The van der Waals surface area contributed by atoms with Crippen LogP contribution in [-0.2, 0) is 57.1 Å². The zero-order valence-corrected chi connectivity index (χ0v) is 32.4. The van der Waals surface area contributed by atoms with Crippen LogP contribution in [0.15, 0.2) is 11.6 Å². The molecule has 2 saturated heterocycles. The summed E-state index contributed by atoms with van der Waals surface area (Å²) in [6.45, 7) is 7.60. The minimum absolute atomic E-state index is 0.0937. The Bertz CT molecular complexity index is 1610. The standard InChI is InChI=1S/C40H56O15/c1-20-32(51-21(2)41)33(52-22(3)42)34(53-23(4)43)35(50-20)54-25-15-29-39(19-49-38(55-29)10-6-7-11-38)31-27(8-12-37(39,46)16-25)40(47)13-9-26(24-14-30(45)48-18-24)36(40,5)17-28(31)44/h14,20,25-29,31-35,44,46-47H,6-13,15-19H2,1-5H3/t20-,25-,26+,27+,28+,29+,31+,32-,33+,34+,35-,36+,37-,39+,40-/m0/s1. The Morgan fingerprint density at radius 2 is 1.56 bits per heavy atom. The van der Waals surface area contributed by atoms with Crippen LogP contribution in [0.5, 0.6) is 0 Å². The second kappa shape index (κ2) is 13.7. The molecule has 2 spiro atoms. The first-order valence-corrected chi connectivity index (χ1v) is 20.1. The van der Waals surface area contributed by atoms with E-state index < -0.39 is 107 Å². The van der Waals surface area contributed by atoms with Gasteiger partial charge in [0.15, 0.2) is 30.4 Å². The quantitative estimate of drug-likeness (QED) is 0.202. The predicted octanol–water partition coefficient (Wildman–Crippen LogP) is 2.53. The lowest BCUT2D eigenvalue weighted by Gasteiger charge is -2.71. The van der Waals surface area contributed by atoms with Gasteiger partial charge in [-0.15, -0.1) is 0 Å². The van der Waals surface area contributed by atoms with Gasteiger partial charge in [0.25, 0.3) is 0 Å². The monoisotopic (exact) mass is 776 g/mol. The Morgan fingerprint density at radius 1 is 0.891 bits per heavy atom. The van der Waals surface area contributed by atoms with Crippen LogP contribution >= 0.6 is 0 Å². The maximum Gasteiger partial charge on any atom is 0.331 e. The zero-order valence-electron chi connectivity index (χ0n) is 32.4. The smallest absolute Gasteiger partial charge is 0.331 e. The number of ether oxygens (including phenoxy) is 8. The van der Waals surface area contributed by atoms with Gasteiger partial charge in [-0.05, 0) is 69.3 Å². The molecule has 0 radical (unpaired) electrons. The zero-order chi connectivity index (χ0) is 39.3. The summed E-state index contributed by atoms with van der Waals surface area (Å²) in [4.78, 5) is 48.9. The summed E-state index contributed by atoms with van der Waals surface area (Å²) in [5.74, 6) is -4.38. The third kappa shape index (κ3) is 6.08. The summed E-state index contributed by atoms with van der Waals surface area (Å²) in [6, 6.07) is 0. The van der Waals surface area contributed by atoms with Crippen molar-refractivity contribution < 1.29 is 72.4 Å². The highest BCUT2D eigenvalue weighted by Crippen LogP contribution is 2.72. The van der Waals surface area contributed by atoms with E-state index >= 15 is 0 Å². The van der Waals surface area contributed by atoms with Crippen LogP contribution in [-0.4, -0.2) is 118 Å². The molecule has 0 aromatic carbocycles. The molecule has 3 heterocycles. The average Bonchev–Trinajstić information content (AvgIpc) is 3.80. The first-order chi connectivity index (χ1) is 25.9. The molecule has 0 aromatic heterocycles. The fraction of sp³-hybridized carbons (Fsp3) is 0.850. The van der Waals surface area contributed by atoms with E-state index in [1.165, 1.54) is 26.8 Å². The summed E-state index contributed by atoms with van der Waals surface area (Å²) in [5, 5.41) is 38.5. The second-order valence-electron chi connectivity index (χ2n) is 17.9. The van der Waals surface area contributed by atoms with Gasteiger partial charge in [-0.25, -0.2) is 4.79 Å². The number of esters is 4. The van der Waals surface area contributed by atoms with Crippen molar-refractivity contribution in [3.05, 3.63) is 11.6 Å². The second-order valence-corrected chi connectivity index (χ2v) is 17.9. The van der Waals surface area contributed by atoms with Crippen LogP contribution in [0.25, 0.3) is 0 Å². The van der Waals surface area contributed by atoms with Gasteiger partial charge in [0.05, 0.1) is 47.6 Å². The average molecular weight is 777 g/mol. The molecule has 0 bridgehead atoms. The number of hydrogen-bond donors (Lipinski definition) is 3.